The molecule has 0 unspecified atom stereocenters. The van der Waals surface area contributed by atoms with Crippen LogP contribution >= 0.6 is 23.2 Å². The van der Waals surface area contributed by atoms with Crippen molar-refractivity contribution in [2.24, 2.45) is 0 Å². The zero-order valence-corrected chi connectivity index (χ0v) is 15.7. The predicted octanol–water partition coefficient (Wildman–Crippen LogP) is 4.50. The van der Waals surface area contributed by atoms with Gasteiger partial charge in [-0.2, -0.15) is 5.10 Å². The van der Waals surface area contributed by atoms with Gasteiger partial charge in [0.15, 0.2) is 0 Å². The number of furan rings is 1. The first kappa shape index (κ1) is 17.2. The fourth-order valence-corrected chi connectivity index (χ4v) is 3.76. The van der Waals surface area contributed by atoms with Crippen LogP contribution in [0.3, 0.4) is 0 Å². The van der Waals surface area contributed by atoms with Crippen LogP contribution in [0.1, 0.15) is 23.8 Å². The third kappa shape index (κ3) is 3.04. The molecule has 136 valence electrons. The standard InChI is InChI=1S/C18H17Cl2N3O3/c1-2-25-18(24)22-6-5-12-14(20)3-4-15-17(12)13(9-22)16(26-15)10-23-8-11(19)7-21-23/h3-4,7-8H,2,5-6,9-10H2,1H3. The number of hydrogen-bond donors (Lipinski definition) is 0. The average Bonchev–Trinajstić information content (AvgIpc) is 3.09. The molecule has 0 spiro atoms. The van der Waals surface area contributed by atoms with E-state index >= 15 is 0 Å². The van der Waals surface area contributed by atoms with Gasteiger partial charge >= 0.3 is 6.09 Å². The molecule has 3 aromatic rings. The van der Waals surface area contributed by atoms with E-state index in [1.165, 1.54) is 0 Å². The number of amides is 1. The summed E-state index contributed by atoms with van der Waals surface area (Å²) in [7, 11) is 0. The van der Waals surface area contributed by atoms with E-state index in [1.807, 2.05) is 12.1 Å². The Morgan fingerprint density at radius 3 is 2.92 bits per heavy atom. The number of ether oxygens (including phenoxy) is 1. The zero-order valence-electron chi connectivity index (χ0n) is 14.2. The molecule has 1 aliphatic heterocycles. The second-order valence-electron chi connectivity index (χ2n) is 6.13. The van der Waals surface area contributed by atoms with Crippen molar-refractivity contribution in [3.8, 4) is 0 Å². The molecule has 6 nitrogen and oxygen atoms in total. The fraction of sp³-hybridized carbons (Fsp3) is 0.333. The van der Waals surface area contributed by atoms with Gasteiger partial charge in [-0.25, -0.2) is 4.79 Å². The van der Waals surface area contributed by atoms with E-state index in [1.54, 1.807) is 28.9 Å². The molecule has 1 amide bonds. The number of aromatic nitrogens is 2. The summed E-state index contributed by atoms with van der Waals surface area (Å²) in [6.07, 6.45) is 3.62. The number of hydrogen-bond acceptors (Lipinski definition) is 4. The Balaban J connectivity index is 1.80. The van der Waals surface area contributed by atoms with E-state index in [9.17, 15) is 4.79 Å². The lowest BCUT2D eigenvalue weighted by Crippen LogP contribution is -2.32. The molecule has 0 N–H and O–H groups in total. The highest BCUT2D eigenvalue weighted by atomic mass is 35.5. The van der Waals surface area contributed by atoms with Crippen molar-refractivity contribution >= 4 is 40.3 Å². The summed E-state index contributed by atoms with van der Waals surface area (Å²) < 4.78 is 13.0. The van der Waals surface area contributed by atoms with Crippen LogP contribution in [0.5, 0.6) is 0 Å². The Hall–Kier alpha value is -2.18. The van der Waals surface area contributed by atoms with Crippen LogP contribution in [0.2, 0.25) is 10.0 Å². The van der Waals surface area contributed by atoms with E-state index in [2.05, 4.69) is 5.10 Å². The number of nitrogens with zero attached hydrogens (tertiary/aromatic N) is 3. The minimum absolute atomic E-state index is 0.334. The van der Waals surface area contributed by atoms with Crippen molar-refractivity contribution in [1.82, 2.24) is 14.7 Å². The molecule has 2 aromatic heterocycles. The maximum absolute atomic E-state index is 12.3. The van der Waals surface area contributed by atoms with Gasteiger partial charge in [0.2, 0.25) is 0 Å². The summed E-state index contributed by atoms with van der Waals surface area (Å²) >= 11 is 12.4. The molecule has 26 heavy (non-hydrogen) atoms. The molecule has 8 heteroatoms. The topological polar surface area (TPSA) is 60.5 Å². The van der Waals surface area contributed by atoms with Gasteiger partial charge < -0.3 is 14.1 Å². The molecule has 0 aliphatic carbocycles. The van der Waals surface area contributed by atoms with Gasteiger partial charge in [0, 0.05) is 28.7 Å². The lowest BCUT2D eigenvalue weighted by Gasteiger charge is -2.20. The molecule has 0 radical (unpaired) electrons. The van der Waals surface area contributed by atoms with Crippen molar-refractivity contribution in [3.05, 3.63) is 51.5 Å². The Morgan fingerprint density at radius 1 is 1.35 bits per heavy atom. The van der Waals surface area contributed by atoms with Crippen LogP contribution < -0.4 is 0 Å². The molecule has 0 saturated carbocycles. The number of rotatable bonds is 3. The second-order valence-corrected chi connectivity index (χ2v) is 6.97. The second kappa shape index (κ2) is 6.85. The summed E-state index contributed by atoms with van der Waals surface area (Å²) in [4.78, 5) is 14.0. The first-order valence-corrected chi connectivity index (χ1v) is 9.13. The Morgan fingerprint density at radius 2 is 2.19 bits per heavy atom. The Kier molecular flexibility index (Phi) is 4.54. The molecule has 0 saturated heterocycles. The molecule has 3 heterocycles. The van der Waals surface area contributed by atoms with Crippen LogP contribution in [0.25, 0.3) is 11.0 Å². The van der Waals surface area contributed by atoms with Crippen molar-refractivity contribution in [2.75, 3.05) is 13.2 Å². The van der Waals surface area contributed by atoms with E-state index in [0.29, 0.717) is 42.7 Å². The summed E-state index contributed by atoms with van der Waals surface area (Å²) in [5, 5.41) is 6.44. The average molecular weight is 394 g/mol. The lowest BCUT2D eigenvalue weighted by atomic mass is 10.0. The van der Waals surface area contributed by atoms with E-state index in [4.69, 9.17) is 32.4 Å². The van der Waals surface area contributed by atoms with Gasteiger partial charge in [-0.3, -0.25) is 4.68 Å². The molecule has 0 fully saturated rings. The molecule has 0 bridgehead atoms. The number of carbonyl (C=O) groups excluding carboxylic acids is 1. The van der Waals surface area contributed by atoms with Crippen LogP contribution in [0.4, 0.5) is 4.79 Å². The minimum atomic E-state index is -0.334. The molecule has 0 atom stereocenters. The van der Waals surface area contributed by atoms with Crippen molar-refractivity contribution in [1.29, 1.82) is 0 Å². The predicted molar refractivity (Wildman–Crippen MR) is 98.7 cm³/mol. The number of halogens is 2. The quantitative estimate of drug-likeness (QED) is 0.657. The summed E-state index contributed by atoms with van der Waals surface area (Å²) in [5.74, 6) is 0.736. The SMILES string of the molecule is CCOC(=O)N1CCc2c(Cl)ccc3oc(Cn4cc(Cl)cn4)c(c23)C1. The van der Waals surface area contributed by atoms with Gasteiger partial charge in [-0.1, -0.05) is 23.2 Å². The molecular weight excluding hydrogens is 377 g/mol. The maximum Gasteiger partial charge on any atom is 0.410 e. The van der Waals surface area contributed by atoms with Crippen molar-refractivity contribution in [2.45, 2.75) is 26.4 Å². The van der Waals surface area contributed by atoms with Crippen LogP contribution in [-0.2, 0) is 24.2 Å². The van der Waals surface area contributed by atoms with E-state index < -0.39 is 0 Å². The van der Waals surface area contributed by atoms with Gasteiger partial charge in [-0.05, 0) is 31.0 Å². The van der Waals surface area contributed by atoms with Crippen LogP contribution in [0, 0.1) is 0 Å². The minimum Gasteiger partial charge on any atom is -0.459 e. The molecular formula is C18H17Cl2N3O3. The van der Waals surface area contributed by atoms with Gasteiger partial charge in [0.1, 0.15) is 11.3 Å². The largest absolute Gasteiger partial charge is 0.459 e. The highest BCUT2D eigenvalue weighted by Gasteiger charge is 2.27. The maximum atomic E-state index is 12.3. The van der Waals surface area contributed by atoms with E-state index in [-0.39, 0.29) is 6.09 Å². The zero-order chi connectivity index (χ0) is 18.3. The monoisotopic (exact) mass is 393 g/mol. The molecule has 4 rings (SSSR count). The smallest absolute Gasteiger partial charge is 0.410 e. The third-order valence-corrected chi connectivity index (χ3v) is 5.05. The molecule has 1 aromatic carbocycles. The van der Waals surface area contributed by atoms with Gasteiger partial charge in [-0.15, -0.1) is 0 Å². The molecule has 1 aliphatic rings. The lowest BCUT2D eigenvalue weighted by molar-refractivity contribution is 0.105. The summed E-state index contributed by atoms with van der Waals surface area (Å²) in [6, 6.07) is 3.70. The van der Waals surface area contributed by atoms with Crippen molar-refractivity contribution in [3.63, 3.8) is 0 Å². The highest BCUT2D eigenvalue weighted by Crippen LogP contribution is 2.36. The number of benzene rings is 1. The Bertz CT molecular complexity index is 980. The highest BCUT2D eigenvalue weighted by molar-refractivity contribution is 6.32. The normalized spacial score (nSPS) is 13.9. The van der Waals surface area contributed by atoms with Gasteiger partial charge in [0.25, 0.3) is 0 Å². The number of carbonyl (C=O) groups is 1. The van der Waals surface area contributed by atoms with Crippen LogP contribution in [0.15, 0.2) is 28.9 Å². The summed E-state index contributed by atoms with van der Waals surface area (Å²) in [5.41, 5.74) is 2.70. The first-order valence-electron chi connectivity index (χ1n) is 8.38. The first-order chi connectivity index (χ1) is 12.6. The fourth-order valence-electron chi connectivity index (χ4n) is 3.35. The van der Waals surface area contributed by atoms with E-state index in [0.717, 1.165) is 27.9 Å². The van der Waals surface area contributed by atoms with Crippen molar-refractivity contribution < 1.29 is 13.9 Å². The summed E-state index contributed by atoms with van der Waals surface area (Å²) in [6.45, 7) is 3.50. The van der Waals surface area contributed by atoms with Crippen LogP contribution in [-0.4, -0.2) is 33.9 Å². The van der Waals surface area contributed by atoms with Gasteiger partial charge in [0.05, 0.1) is 30.9 Å². The Labute approximate surface area is 160 Å². The third-order valence-electron chi connectivity index (χ3n) is 4.50.